The van der Waals surface area contributed by atoms with Crippen LogP contribution < -0.4 is 10.2 Å². The molecule has 1 N–H and O–H groups in total. The van der Waals surface area contributed by atoms with Gasteiger partial charge in [-0.15, -0.1) is 0 Å². The number of hydrogen-bond acceptors (Lipinski definition) is 4. The number of carbonyl (C=O) groups is 2. The molecule has 1 atom stereocenters. The van der Waals surface area contributed by atoms with Crippen LogP contribution in [-0.2, 0) is 16.0 Å². The highest BCUT2D eigenvalue weighted by Crippen LogP contribution is 2.42. The van der Waals surface area contributed by atoms with Gasteiger partial charge in [-0.25, -0.2) is 0 Å². The molecular formula is C27H22BrN3O2S. The summed E-state index contributed by atoms with van der Waals surface area (Å²) in [5, 5.41) is 12.7. The number of anilines is 2. The molecule has 3 aromatic carbocycles. The zero-order chi connectivity index (χ0) is 24.2. The molecule has 1 fully saturated rings. The maximum Gasteiger partial charge on any atom is 0.269 e. The fourth-order valence-corrected chi connectivity index (χ4v) is 5.24. The molecule has 7 heteroatoms. The quantitative estimate of drug-likeness (QED) is 0.317. The number of thioether (sulfide) groups is 1. The number of rotatable bonds is 5. The Labute approximate surface area is 211 Å². The monoisotopic (exact) mass is 531 g/mol. The lowest BCUT2D eigenvalue weighted by atomic mass is 10.0. The van der Waals surface area contributed by atoms with Crippen molar-refractivity contribution in [2.24, 2.45) is 0 Å². The molecule has 1 unspecified atom stereocenters. The van der Waals surface area contributed by atoms with E-state index in [1.807, 2.05) is 68.4 Å². The second-order valence-electron chi connectivity index (χ2n) is 8.00. The van der Waals surface area contributed by atoms with Gasteiger partial charge in [0.15, 0.2) is 0 Å². The van der Waals surface area contributed by atoms with Gasteiger partial charge in [-0.3, -0.25) is 14.5 Å². The summed E-state index contributed by atoms with van der Waals surface area (Å²) in [6.07, 6.45) is 0.509. The van der Waals surface area contributed by atoms with Crippen molar-refractivity contribution in [3.8, 4) is 6.07 Å². The third kappa shape index (κ3) is 5.09. The third-order valence-corrected chi connectivity index (χ3v) is 7.36. The maximum atomic E-state index is 13.6. The summed E-state index contributed by atoms with van der Waals surface area (Å²) in [6, 6.07) is 24.6. The molecule has 4 rings (SSSR count). The van der Waals surface area contributed by atoms with Crippen LogP contribution in [0.5, 0.6) is 0 Å². The van der Waals surface area contributed by atoms with Gasteiger partial charge in [0.05, 0.1) is 5.25 Å². The molecule has 0 saturated carbocycles. The first-order valence-electron chi connectivity index (χ1n) is 10.7. The van der Waals surface area contributed by atoms with Crippen molar-refractivity contribution in [3.05, 3.63) is 105 Å². The van der Waals surface area contributed by atoms with Crippen LogP contribution in [0.1, 0.15) is 16.7 Å². The van der Waals surface area contributed by atoms with Crippen LogP contribution in [0.25, 0.3) is 0 Å². The van der Waals surface area contributed by atoms with Crippen LogP contribution in [0.15, 0.2) is 87.9 Å². The van der Waals surface area contributed by atoms with Crippen molar-refractivity contribution >= 4 is 50.9 Å². The van der Waals surface area contributed by atoms with Gasteiger partial charge in [0.25, 0.3) is 5.91 Å². The first kappa shape index (κ1) is 23.8. The predicted octanol–water partition coefficient (Wildman–Crippen LogP) is 6.13. The molecule has 3 aromatic rings. The van der Waals surface area contributed by atoms with Crippen molar-refractivity contribution in [2.75, 3.05) is 10.2 Å². The molecule has 5 nitrogen and oxygen atoms in total. The number of amides is 2. The summed E-state index contributed by atoms with van der Waals surface area (Å²) in [4.78, 5) is 28.2. The molecule has 170 valence electrons. The molecule has 1 aliphatic heterocycles. The average Bonchev–Trinajstić information content (AvgIpc) is 3.13. The van der Waals surface area contributed by atoms with Crippen molar-refractivity contribution in [2.45, 2.75) is 25.5 Å². The Balaban J connectivity index is 1.73. The van der Waals surface area contributed by atoms with Gasteiger partial charge in [-0.1, -0.05) is 69.7 Å². The molecule has 0 aliphatic carbocycles. The topological polar surface area (TPSA) is 73.2 Å². The number of hydrogen-bond donors (Lipinski definition) is 1. The molecular weight excluding hydrogens is 510 g/mol. The van der Waals surface area contributed by atoms with Crippen LogP contribution >= 0.6 is 27.7 Å². The SMILES string of the molecule is Cc1ccc(N2C(=O)C(Cc3ccccc3C)SC2=C(C#N)C(=O)Nc2ccc(Br)cc2)cc1. The fourth-order valence-electron chi connectivity index (χ4n) is 3.68. The van der Waals surface area contributed by atoms with Gasteiger partial charge in [-0.2, -0.15) is 5.26 Å². The van der Waals surface area contributed by atoms with E-state index >= 15 is 0 Å². The van der Waals surface area contributed by atoms with E-state index in [0.717, 1.165) is 21.2 Å². The number of nitriles is 1. The lowest BCUT2D eigenvalue weighted by molar-refractivity contribution is -0.117. The van der Waals surface area contributed by atoms with Gasteiger partial charge in [0.1, 0.15) is 16.7 Å². The number of nitrogens with one attached hydrogen (secondary N) is 1. The van der Waals surface area contributed by atoms with E-state index in [4.69, 9.17) is 0 Å². The highest BCUT2D eigenvalue weighted by molar-refractivity contribution is 9.10. The largest absolute Gasteiger partial charge is 0.321 e. The van der Waals surface area contributed by atoms with Crippen molar-refractivity contribution in [3.63, 3.8) is 0 Å². The van der Waals surface area contributed by atoms with E-state index in [1.54, 1.807) is 24.3 Å². The van der Waals surface area contributed by atoms with Crippen LogP contribution in [0.4, 0.5) is 11.4 Å². The lowest BCUT2D eigenvalue weighted by Gasteiger charge is -2.19. The second-order valence-corrected chi connectivity index (χ2v) is 10.1. The standard InChI is InChI=1S/C27H22BrN3O2S/c1-17-7-13-22(14-8-17)31-26(33)24(15-19-6-4-3-5-18(19)2)34-27(31)23(16-29)25(32)30-21-11-9-20(28)10-12-21/h3-14,24H,15H2,1-2H3,(H,30,32). The van der Waals surface area contributed by atoms with Gasteiger partial charge in [0.2, 0.25) is 5.91 Å². The number of aryl methyl sites for hydroxylation is 2. The first-order chi connectivity index (χ1) is 16.4. The Morgan fingerprint density at radius 2 is 1.74 bits per heavy atom. The van der Waals surface area contributed by atoms with E-state index in [9.17, 15) is 14.9 Å². The fraction of sp³-hybridized carbons (Fsp3) is 0.148. The van der Waals surface area contributed by atoms with Crippen LogP contribution in [0.2, 0.25) is 0 Å². The van der Waals surface area contributed by atoms with E-state index in [-0.39, 0.29) is 11.5 Å². The first-order valence-corrected chi connectivity index (χ1v) is 12.4. The Bertz CT molecular complexity index is 1310. The van der Waals surface area contributed by atoms with Gasteiger partial charge in [0, 0.05) is 15.8 Å². The minimum Gasteiger partial charge on any atom is -0.321 e. The number of carbonyl (C=O) groups excluding carboxylic acids is 2. The summed E-state index contributed by atoms with van der Waals surface area (Å²) in [7, 11) is 0. The van der Waals surface area contributed by atoms with Crippen molar-refractivity contribution in [1.82, 2.24) is 0 Å². The molecule has 0 radical (unpaired) electrons. The Morgan fingerprint density at radius 3 is 2.38 bits per heavy atom. The number of benzene rings is 3. The molecule has 1 heterocycles. The summed E-state index contributed by atoms with van der Waals surface area (Å²) in [5.41, 5.74) is 4.33. The summed E-state index contributed by atoms with van der Waals surface area (Å²) in [5.74, 6) is -0.690. The van der Waals surface area contributed by atoms with Crippen LogP contribution in [-0.4, -0.2) is 17.1 Å². The lowest BCUT2D eigenvalue weighted by Crippen LogP contribution is -2.31. The molecule has 0 spiro atoms. The molecule has 1 saturated heterocycles. The average molecular weight is 532 g/mol. The van der Waals surface area contributed by atoms with Gasteiger partial charge < -0.3 is 5.32 Å². The van der Waals surface area contributed by atoms with Crippen LogP contribution in [0.3, 0.4) is 0 Å². The van der Waals surface area contributed by atoms with Gasteiger partial charge >= 0.3 is 0 Å². The molecule has 1 aliphatic rings. The van der Waals surface area contributed by atoms with E-state index < -0.39 is 11.2 Å². The van der Waals surface area contributed by atoms with E-state index in [1.165, 1.54) is 16.7 Å². The molecule has 2 amide bonds. The zero-order valence-corrected chi connectivity index (χ0v) is 21.1. The minimum atomic E-state index is -0.547. The normalized spacial score (nSPS) is 16.8. The Kier molecular flexibility index (Phi) is 7.20. The molecule has 34 heavy (non-hydrogen) atoms. The maximum absolute atomic E-state index is 13.6. The predicted molar refractivity (Wildman–Crippen MR) is 140 cm³/mol. The summed E-state index contributed by atoms with van der Waals surface area (Å²) >= 11 is 4.64. The Morgan fingerprint density at radius 1 is 1.06 bits per heavy atom. The summed E-state index contributed by atoms with van der Waals surface area (Å²) in [6.45, 7) is 3.98. The highest BCUT2D eigenvalue weighted by atomic mass is 79.9. The number of halogens is 1. The molecule has 0 bridgehead atoms. The minimum absolute atomic E-state index is 0.0888. The summed E-state index contributed by atoms with van der Waals surface area (Å²) < 4.78 is 0.880. The third-order valence-electron chi connectivity index (χ3n) is 5.57. The Hall–Kier alpha value is -3.34. The number of nitrogens with zero attached hydrogens (tertiary/aromatic N) is 2. The second kappa shape index (κ2) is 10.3. The molecule has 0 aromatic heterocycles. The van der Waals surface area contributed by atoms with Crippen LogP contribution in [0, 0.1) is 25.2 Å². The zero-order valence-electron chi connectivity index (χ0n) is 18.7. The van der Waals surface area contributed by atoms with Gasteiger partial charge in [-0.05, 0) is 67.8 Å². The van der Waals surface area contributed by atoms with E-state index in [0.29, 0.717) is 22.8 Å². The van der Waals surface area contributed by atoms with Crippen molar-refractivity contribution < 1.29 is 9.59 Å². The smallest absolute Gasteiger partial charge is 0.269 e. The highest BCUT2D eigenvalue weighted by Gasteiger charge is 2.41. The van der Waals surface area contributed by atoms with Crippen molar-refractivity contribution in [1.29, 1.82) is 5.26 Å². The van der Waals surface area contributed by atoms with E-state index in [2.05, 4.69) is 21.2 Å².